The van der Waals surface area contributed by atoms with Gasteiger partial charge in [-0.2, -0.15) is 0 Å². The number of nitrogens with one attached hydrogen (secondary N) is 2. The van der Waals surface area contributed by atoms with Gasteiger partial charge in [0.05, 0.1) is 0 Å². The third kappa shape index (κ3) is 0.889. The molecule has 0 unspecified atom stereocenters. The van der Waals surface area contributed by atoms with Gasteiger partial charge in [-0.25, -0.2) is 9.59 Å². The highest BCUT2D eigenvalue weighted by molar-refractivity contribution is 5.69. The Morgan fingerprint density at radius 3 is 2.00 bits per heavy atom. The van der Waals surface area contributed by atoms with Gasteiger partial charge in [0, 0.05) is 14.1 Å². The summed E-state index contributed by atoms with van der Waals surface area (Å²) >= 11 is 0. The van der Waals surface area contributed by atoms with E-state index in [9.17, 15) is 14.4 Å². The zero-order valence-electron chi connectivity index (χ0n) is 7.62. The number of rotatable bonds is 0. The van der Waals surface area contributed by atoms with Gasteiger partial charge < -0.3 is 0 Å². The summed E-state index contributed by atoms with van der Waals surface area (Å²) in [6, 6.07) is 0. The molecule has 0 aliphatic rings. The molecular weight excluding hydrogens is 188 g/mol. The van der Waals surface area contributed by atoms with E-state index >= 15 is 0 Å². The lowest BCUT2D eigenvalue weighted by Gasteiger charge is -1.99. The number of hydrogen-bond donors (Lipinski definition) is 2. The lowest BCUT2D eigenvalue weighted by atomic mass is 10.5. The van der Waals surface area contributed by atoms with E-state index < -0.39 is 16.9 Å². The number of nitrogens with zero attached hydrogens (tertiary/aromatic N) is 2. The number of aromatic nitrogens is 4. The fourth-order valence-electron chi connectivity index (χ4n) is 1.40. The number of H-pyrrole nitrogens is 2. The van der Waals surface area contributed by atoms with E-state index in [1.165, 1.54) is 23.2 Å². The van der Waals surface area contributed by atoms with Crippen LogP contribution >= 0.6 is 0 Å². The Balaban J connectivity index is 3.28. The molecule has 2 N–H and O–H groups in total. The van der Waals surface area contributed by atoms with E-state index in [4.69, 9.17) is 0 Å². The van der Waals surface area contributed by atoms with Gasteiger partial charge in [0.2, 0.25) is 0 Å². The van der Waals surface area contributed by atoms with Crippen molar-refractivity contribution in [1.29, 1.82) is 0 Å². The largest absolute Gasteiger partial charge is 0.329 e. The van der Waals surface area contributed by atoms with Crippen molar-refractivity contribution in [2.24, 2.45) is 14.1 Å². The molecule has 0 aromatic carbocycles. The molecule has 0 saturated heterocycles. The predicted molar refractivity (Wildman–Crippen MR) is 49.4 cm³/mol. The van der Waals surface area contributed by atoms with Crippen LogP contribution in [-0.2, 0) is 14.1 Å². The first kappa shape index (κ1) is 8.54. The van der Waals surface area contributed by atoms with Gasteiger partial charge in [-0.3, -0.25) is 23.9 Å². The number of aryl methyl sites for hydroxylation is 2. The summed E-state index contributed by atoms with van der Waals surface area (Å²) < 4.78 is 2.42. The Morgan fingerprint density at radius 1 is 0.929 bits per heavy atom. The Labute approximate surface area is 76.6 Å². The van der Waals surface area contributed by atoms with Crippen LogP contribution in [0.5, 0.6) is 0 Å². The molecule has 0 saturated carbocycles. The quantitative estimate of drug-likeness (QED) is 0.523. The summed E-state index contributed by atoms with van der Waals surface area (Å²) in [4.78, 5) is 38.1. The second kappa shape index (κ2) is 2.47. The summed E-state index contributed by atoms with van der Waals surface area (Å²) in [5, 5.41) is 0. The molecular formula is C7H8N4O3. The van der Waals surface area contributed by atoms with E-state index in [0.717, 1.165) is 0 Å². The molecule has 74 valence electrons. The molecule has 7 heteroatoms. The van der Waals surface area contributed by atoms with Crippen molar-refractivity contribution in [3.8, 4) is 0 Å². The Morgan fingerprint density at radius 2 is 1.43 bits per heavy atom. The first-order chi connectivity index (χ1) is 6.52. The summed E-state index contributed by atoms with van der Waals surface area (Å²) in [6.07, 6.45) is 0. The number of fused-ring (bicyclic) bond motifs is 1. The highest BCUT2D eigenvalue weighted by Crippen LogP contribution is 1.97. The average molecular weight is 196 g/mol. The molecule has 2 rings (SSSR count). The smallest absolute Gasteiger partial charge is 0.300 e. The van der Waals surface area contributed by atoms with Gasteiger partial charge in [0.25, 0.3) is 5.56 Å². The number of imidazole rings is 1. The van der Waals surface area contributed by atoms with Crippen LogP contribution in [0.3, 0.4) is 0 Å². The van der Waals surface area contributed by atoms with E-state index in [-0.39, 0.29) is 11.2 Å². The number of aromatic amines is 2. The topological polar surface area (TPSA) is 92.7 Å². The summed E-state index contributed by atoms with van der Waals surface area (Å²) in [5.74, 6) is 0. The molecule has 0 amide bonds. The van der Waals surface area contributed by atoms with Crippen molar-refractivity contribution < 1.29 is 0 Å². The van der Waals surface area contributed by atoms with Crippen LogP contribution < -0.4 is 16.9 Å². The maximum Gasteiger partial charge on any atom is 0.329 e. The van der Waals surface area contributed by atoms with E-state index in [2.05, 4.69) is 9.97 Å². The van der Waals surface area contributed by atoms with Crippen LogP contribution in [0.4, 0.5) is 0 Å². The van der Waals surface area contributed by atoms with E-state index in [1.807, 2.05) is 0 Å². The van der Waals surface area contributed by atoms with Gasteiger partial charge in [-0.15, -0.1) is 0 Å². The molecule has 0 aliphatic heterocycles. The number of hydrogen-bond acceptors (Lipinski definition) is 3. The first-order valence-corrected chi connectivity index (χ1v) is 3.90. The highest BCUT2D eigenvalue weighted by atomic mass is 16.2. The molecule has 0 spiro atoms. The average Bonchev–Trinajstić information content (AvgIpc) is 2.41. The van der Waals surface area contributed by atoms with Crippen LogP contribution in [0.1, 0.15) is 0 Å². The minimum absolute atomic E-state index is 0.111. The van der Waals surface area contributed by atoms with Crippen molar-refractivity contribution in [2.45, 2.75) is 0 Å². The van der Waals surface area contributed by atoms with Gasteiger partial charge in [0.1, 0.15) is 5.65 Å². The Hall–Kier alpha value is -2.05. The molecule has 0 bridgehead atoms. The highest BCUT2D eigenvalue weighted by Gasteiger charge is 2.10. The van der Waals surface area contributed by atoms with Crippen LogP contribution in [0.15, 0.2) is 14.4 Å². The van der Waals surface area contributed by atoms with Gasteiger partial charge in [-0.1, -0.05) is 0 Å². The van der Waals surface area contributed by atoms with Crippen LogP contribution in [0.2, 0.25) is 0 Å². The van der Waals surface area contributed by atoms with Gasteiger partial charge >= 0.3 is 11.4 Å². The zero-order chi connectivity index (χ0) is 10.5. The Kier molecular flexibility index (Phi) is 1.51. The van der Waals surface area contributed by atoms with Crippen molar-refractivity contribution in [1.82, 2.24) is 19.1 Å². The van der Waals surface area contributed by atoms with E-state index in [0.29, 0.717) is 0 Å². The zero-order valence-corrected chi connectivity index (χ0v) is 7.62. The third-order valence-corrected chi connectivity index (χ3v) is 2.15. The summed E-state index contributed by atoms with van der Waals surface area (Å²) in [5.41, 5.74) is -1.16. The molecule has 2 aromatic rings. The second-order valence-corrected chi connectivity index (χ2v) is 3.01. The molecule has 14 heavy (non-hydrogen) atoms. The standard InChI is InChI=1S/C7H8N4O3/c1-10-5-3(8-6(10)13)4(12)9-7(14)11(5)2/h1-2H3,(H,8,13)(H,9,12,14). The van der Waals surface area contributed by atoms with Crippen LogP contribution in [0, 0.1) is 0 Å². The molecule has 7 nitrogen and oxygen atoms in total. The van der Waals surface area contributed by atoms with Crippen molar-refractivity contribution >= 4 is 11.2 Å². The minimum Gasteiger partial charge on any atom is -0.300 e. The SMILES string of the molecule is Cn1c(=O)[nH]c(=O)c2[nH]c(=O)n(C)c21. The fourth-order valence-corrected chi connectivity index (χ4v) is 1.40. The van der Waals surface area contributed by atoms with Gasteiger partial charge in [0.15, 0.2) is 5.52 Å². The molecule has 0 fully saturated rings. The molecule has 0 radical (unpaired) electrons. The lowest BCUT2D eigenvalue weighted by molar-refractivity contribution is 0.782. The predicted octanol–water partition coefficient (Wildman–Crippen LogP) is -1.75. The van der Waals surface area contributed by atoms with Crippen LogP contribution in [0.25, 0.3) is 11.2 Å². The fraction of sp³-hybridized carbons (Fsp3) is 0.286. The molecule has 2 heterocycles. The minimum atomic E-state index is -0.583. The lowest BCUT2D eigenvalue weighted by Crippen LogP contribution is -2.29. The first-order valence-electron chi connectivity index (χ1n) is 3.90. The maximum atomic E-state index is 11.3. The summed E-state index contributed by atoms with van der Waals surface area (Å²) in [7, 11) is 2.97. The van der Waals surface area contributed by atoms with Crippen molar-refractivity contribution in [3.05, 3.63) is 31.3 Å². The molecule has 0 atom stereocenters. The maximum absolute atomic E-state index is 11.3. The molecule has 0 aliphatic carbocycles. The van der Waals surface area contributed by atoms with Crippen molar-refractivity contribution in [3.63, 3.8) is 0 Å². The summed E-state index contributed by atoms with van der Waals surface area (Å²) in [6.45, 7) is 0. The van der Waals surface area contributed by atoms with Crippen LogP contribution in [-0.4, -0.2) is 19.1 Å². The second-order valence-electron chi connectivity index (χ2n) is 3.01. The third-order valence-electron chi connectivity index (χ3n) is 2.15. The van der Waals surface area contributed by atoms with Crippen molar-refractivity contribution in [2.75, 3.05) is 0 Å². The Bertz CT molecular complexity index is 669. The van der Waals surface area contributed by atoms with E-state index in [1.54, 1.807) is 0 Å². The monoisotopic (exact) mass is 196 g/mol. The molecule has 2 aromatic heterocycles. The normalized spacial score (nSPS) is 11.0. The van der Waals surface area contributed by atoms with Gasteiger partial charge in [-0.05, 0) is 0 Å².